The maximum absolute atomic E-state index is 12.5. The van der Waals surface area contributed by atoms with Crippen molar-refractivity contribution >= 4 is 11.4 Å². The number of alkyl halides is 3. The van der Waals surface area contributed by atoms with Gasteiger partial charge in [0.1, 0.15) is 0 Å². The third kappa shape index (κ3) is 3.36. The summed E-state index contributed by atoms with van der Waals surface area (Å²) in [7, 11) is 0. The first-order valence-corrected chi connectivity index (χ1v) is 6.86. The molecule has 1 atom stereocenters. The molecule has 112 valence electrons. The number of anilines is 2. The van der Waals surface area contributed by atoms with E-state index in [2.05, 4.69) is 17.1 Å². The Morgan fingerprint density at radius 2 is 2.15 bits per heavy atom. The molecule has 1 heterocycles. The molecule has 0 amide bonds. The van der Waals surface area contributed by atoms with Crippen LogP contribution in [0.25, 0.3) is 0 Å². The maximum atomic E-state index is 12.5. The lowest BCUT2D eigenvalue weighted by Gasteiger charge is -2.24. The number of benzene rings is 1. The number of nitrogens with zero attached hydrogens (tertiary/aromatic N) is 1. The van der Waals surface area contributed by atoms with Crippen LogP contribution in [0.5, 0.6) is 0 Å². The Balaban J connectivity index is 2.00. The van der Waals surface area contributed by atoms with Crippen LogP contribution >= 0.6 is 0 Å². The minimum absolute atomic E-state index is 0.140. The molecule has 20 heavy (non-hydrogen) atoms. The second-order valence-corrected chi connectivity index (χ2v) is 5.11. The van der Waals surface area contributed by atoms with Crippen LogP contribution in [0.3, 0.4) is 0 Å². The van der Waals surface area contributed by atoms with Crippen LogP contribution in [0.4, 0.5) is 24.5 Å². The summed E-state index contributed by atoms with van der Waals surface area (Å²) < 4.78 is 37.6. The van der Waals surface area contributed by atoms with Gasteiger partial charge in [-0.3, -0.25) is 4.90 Å². The van der Waals surface area contributed by atoms with Crippen molar-refractivity contribution in [2.75, 3.05) is 30.7 Å². The molecule has 0 radical (unpaired) electrons. The summed E-state index contributed by atoms with van der Waals surface area (Å²) >= 11 is 0. The van der Waals surface area contributed by atoms with Crippen molar-refractivity contribution in [3.63, 3.8) is 0 Å². The summed E-state index contributed by atoms with van der Waals surface area (Å²) in [5.41, 5.74) is 5.69. The zero-order chi connectivity index (χ0) is 14.8. The molecular formula is C14H20F3N3. The molecule has 1 saturated heterocycles. The van der Waals surface area contributed by atoms with Crippen LogP contribution in [0, 0.1) is 0 Å². The topological polar surface area (TPSA) is 41.3 Å². The number of nitrogens with one attached hydrogen (secondary N) is 1. The van der Waals surface area contributed by atoms with Crippen LogP contribution in [-0.4, -0.2) is 30.6 Å². The molecule has 3 nitrogen and oxygen atoms in total. The van der Waals surface area contributed by atoms with E-state index >= 15 is 0 Å². The van der Waals surface area contributed by atoms with Crippen LogP contribution in [-0.2, 0) is 6.18 Å². The number of nitrogen functional groups attached to an aromatic ring is 1. The van der Waals surface area contributed by atoms with E-state index in [0.717, 1.165) is 31.6 Å². The van der Waals surface area contributed by atoms with Crippen molar-refractivity contribution in [2.24, 2.45) is 0 Å². The van der Waals surface area contributed by atoms with Crippen molar-refractivity contribution < 1.29 is 13.2 Å². The minimum Gasteiger partial charge on any atom is -0.397 e. The predicted octanol–water partition coefficient (Wildman–Crippen LogP) is 3.18. The maximum Gasteiger partial charge on any atom is 0.416 e. The fraction of sp³-hybridized carbons (Fsp3) is 0.571. The Bertz CT molecular complexity index is 459. The zero-order valence-corrected chi connectivity index (χ0v) is 11.5. The molecule has 1 fully saturated rings. The molecule has 1 aromatic carbocycles. The van der Waals surface area contributed by atoms with E-state index in [4.69, 9.17) is 5.73 Å². The molecule has 0 spiro atoms. The lowest BCUT2D eigenvalue weighted by atomic mass is 10.1. The number of halogens is 3. The summed E-state index contributed by atoms with van der Waals surface area (Å²) in [4.78, 5) is 2.37. The van der Waals surface area contributed by atoms with Gasteiger partial charge in [0.2, 0.25) is 0 Å². The van der Waals surface area contributed by atoms with E-state index in [1.165, 1.54) is 12.5 Å². The van der Waals surface area contributed by atoms with Crippen LogP contribution in [0.15, 0.2) is 18.2 Å². The first-order chi connectivity index (χ1) is 9.41. The molecule has 6 heteroatoms. The van der Waals surface area contributed by atoms with Gasteiger partial charge in [0.05, 0.1) is 16.9 Å². The third-order valence-corrected chi connectivity index (χ3v) is 3.81. The monoisotopic (exact) mass is 287 g/mol. The molecule has 2 rings (SSSR count). The Morgan fingerprint density at radius 3 is 2.75 bits per heavy atom. The average Bonchev–Trinajstić information content (AvgIpc) is 2.83. The van der Waals surface area contributed by atoms with E-state index in [9.17, 15) is 13.2 Å². The van der Waals surface area contributed by atoms with Gasteiger partial charge in [0, 0.05) is 12.6 Å². The van der Waals surface area contributed by atoms with Gasteiger partial charge in [0.15, 0.2) is 0 Å². The summed E-state index contributed by atoms with van der Waals surface area (Å²) in [5.74, 6) is 0. The molecule has 0 aliphatic carbocycles. The zero-order valence-electron chi connectivity index (χ0n) is 11.5. The lowest BCUT2D eigenvalue weighted by molar-refractivity contribution is -0.137. The number of likely N-dealkylation sites (tertiary alicyclic amines) is 1. The van der Waals surface area contributed by atoms with Gasteiger partial charge in [-0.1, -0.05) is 6.92 Å². The third-order valence-electron chi connectivity index (χ3n) is 3.81. The van der Waals surface area contributed by atoms with Gasteiger partial charge in [-0.25, -0.2) is 0 Å². The van der Waals surface area contributed by atoms with Gasteiger partial charge in [0.25, 0.3) is 0 Å². The largest absolute Gasteiger partial charge is 0.416 e. The smallest absolute Gasteiger partial charge is 0.397 e. The van der Waals surface area contributed by atoms with E-state index in [1.807, 2.05) is 0 Å². The van der Waals surface area contributed by atoms with Crippen LogP contribution < -0.4 is 11.1 Å². The molecule has 1 aromatic rings. The Hall–Kier alpha value is -1.43. The highest BCUT2D eigenvalue weighted by molar-refractivity contribution is 5.67. The quantitative estimate of drug-likeness (QED) is 0.836. The molecule has 0 saturated carbocycles. The standard InChI is InChI=1S/C14H20F3N3/c1-2-20-7-3-4-11(20)9-19-13-6-5-10(8-12(13)18)14(15,16)17/h5-6,8,11,19H,2-4,7,9,18H2,1H3. The number of likely N-dealkylation sites (N-methyl/N-ethyl adjacent to an activating group) is 1. The van der Waals surface area contributed by atoms with Crippen LogP contribution in [0.1, 0.15) is 25.3 Å². The van der Waals surface area contributed by atoms with Gasteiger partial charge in [-0.05, 0) is 44.1 Å². The lowest BCUT2D eigenvalue weighted by Crippen LogP contribution is -2.34. The van der Waals surface area contributed by atoms with Crippen molar-refractivity contribution in [3.8, 4) is 0 Å². The highest BCUT2D eigenvalue weighted by Crippen LogP contribution is 2.33. The second-order valence-electron chi connectivity index (χ2n) is 5.11. The number of rotatable bonds is 4. The van der Waals surface area contributed by atoms with E-state index in [1.54, 1.807) is 0 Å². The van der Waals surface area contributed by atoms with Gasteiger partial charge < -0.3 is 11.1 Å². The molecule has 1 aliphatic rings. The highest BCUT2D eigenvalue weighted by atomic mass is 19.4. The number of hydrogen-bond acceptors (Lipinski definition) is 3. The number of nitrogens with two attached hydrogens (primary N) is 1. The van der Waals surface area contributed by atoms with Crippen molar-refractivity contribution in [1.29, 1.82) is 0 Å². The Kier molecular flexibility index (Phi) is 4.42. The van der Waals surface area contributed by atoms with Gasteiger partial charge in [-0.2, -0.15) is 13.2 Å². The summed E-state index contributed by atoms with van der Waals surface area (Å²) in [6.07, 6.45) is -2.07. The first kappa shape index (κ1) is 15.0. The molecule has 0 aromatic heterocycles. The van der Waals surface area contributed by atoms with Crippen molar-refractivity contribution in [1.82, 2.24) is 4.90 Å². The molecular weight excluding hydrogens is 267 g/mol. The number of hydrogen-bond donors (Lipinski definition) is 2. The fourth-order valence-electron chi connectivity index (χ4n) is 2.67. The second kappa shape index (κ2) is 5.91. The van der Waals surface area contributed by atoms with E-state index < -0.39 is 11.7 Å². The summed E-state index contributed by atoms with van der Waals surface area (Å²) in [5, 5.41) is 3.16. The highest BCUT2D eigenvalue weighted by Gasteiger charge is 2.31. The fourth-order valence-corrected chi connectivity index (χ4v) is 2.67. The summed E-state index contributed by atoms with van der Waals surface area (Å²) in [6, 6.07) is 3.88. The molecule has 3 N–H and O–H groups in total. The molecule has 1 aliphatic heterocycles. The average molecular weight is 287 g/mol. The Labute approximate surface area is 116 Å². The predicted molar refractivity (Wildman–Crippen MR) is 74.6 cm³/mol. The molecule has 1 unspecified atom stereocenters. The van der Waals surface area contributed by atoms with E-state index in [-0.39, 0.29) is 5.69 Å². The normalized spacial score (nSPS) is 20.3. The van der Waals surface area contributed by atoms with Crippen molar-refractivity contribution in [2.45, 2.75) is 32.0 Å². The van der Waals surface area contributed by atoms with Crippen LogP contribution in [0.2, 0.25) is 0 Å². The van der Waals surface area contributed by atoms with Gasteiger partial charge in [-0.15, -0.1) is 0 Å². The van der Waals surface area contributed by atoms with E-state index in [0.29, 0.717) is 18.3 Å². The Morgan fingerprint density at radius 1 is 1.40 bits per heavy atom. The minimum atomic E-state index is -4.35. The first-order valence-electron chi connectivity index (χ1n) is 6.86. The summed E-state index contributed by atoms with van der Waals surface area (Å²) in [6.45, 7) is 4.91. The van der Waals surface area contributed by atoms with Gasteiger partial charge >= 0.3 is 6.18 Å². The molecule has 0 bridgehead atoms. The van der Waals surface area contributed by atoms with Crippen molar-refractivity contribution in [3.05, 3.63) is 23.8 Å². The SMILES string of the molecule is CCN1CCCC1CNc1ccc(C(F)(F)F)cc1N.